The molecule has 0 saturated carbocycles. The molecular formula is C21H20N2O4S2. The van der Waals surface area contributed by atoms with Crippen molar-refractivity contribution in [3.8, 4) is 10.6 Å². The van der Waals surface area contributed by atoms with Crippen LogP contribution in [0.3, 0.4) is 0 Å². The third-order valence-electron chi connectivity index (χ3n) is 4.59. The van der Waals surface area contributed by atoms with Gasteiger partial charge in [-0.05, 0) is 36.4 Å². The van der Waals surface area contributed by atoms with E-state index < -0.39 is 5.97 Å². The van der Waals surface area contributed by atoms with Crippen molar-refractivity contribution in [2.45, 2.75) is 24.3 Å². The number of carbonyl (C=O) groups excluding carboxylic acids is 2. The van der Waals surface area contributed by atoms with Gasteiger partial charge in [-0.15, -0.1) is 23.1 Å². The molecule has 0 radical (unpaired) electrons. The first-order valence-corrected chi connectivity index (χ1v) is 11.2. The summed E-state index contributed by atoms with van der Waals surface area (Å²) in [6, 6.07) is 12.8. The van der Waals surface area contributed by atoms with E-state index in [2.05, 4.69) is 5.16 Å². The lowest BCUT2D eigenvalue weighted by molar-refractivity contribution is -0.127. The molecule has 2 aromatic heterocycles. The van der Waals surface area contributed by atoms with E-state index in [-0.39, 0.29) is 12.5 Å². The molecular weight excluding hydrogens is 408 g/mol. The minimum Gasteiger partial charge on any atom is -0.455 e. The van der Waals surface area contributed by atoms with Crippen LogP contribution in [0.4, 0.5) is 0 Å². The number of thioether (sulfide) groups is 1. The summed E-state index contributed by atoms with van der Waals surface area (Å²) < 4.78 is 10.7. The Kier molecular flexibility index (Phi) is 6.31. The van der Waals surface area contributed by atoms with Gasteiger partial charge >= 0.3 is 5.97 Å². The Balaban J connectivity index is 1.35. The molecule has 1 aliphatic rings. The van der Waals surface area contributed by atoms with Crippen molar-refractivity contribution in [1.29, 1.82) is 0 Å². The van der Waals surface area contributed by atoms with E-state index in [0.717, 1.165) is 35.7 Å². The average molecular weight is 429 g/mol. The minimum absolute atomic E-state index is 0.0272. The normalized spacial score (nSPS) is 13.6. The molecule has 150 valence electrons. The predicted molar refractivity (Wildman–Crippen MR) is 112 cm³/mol. The van der Waals surface area contributed by atoms with Crippen molar-refractivity contribution in [1.82, 2.24) is 10.1 Å². The van der Waals surface area contributed by atoms with Gasteiger partial charge in [-0.3, -0.25) is 4.79 Å². The van der Waals surface area contributed by atoms with E-state index in [0.29, 0.717) is 22.8 Å². The number of likely N-dealkylation sites (tertiary alicyclic amines) is 1. The molecule has 0 aliphatic carbocycles. The Morgan fingerprint density at radius 1 is 1.17 bits per heavy atom. The fraction of sp³-hybridized carbons (Fsp3) is 0.286. The molecule has 1 fully saturated rings. The third-order valence-corrected chi connectivity index (χ3v) is 6.53. The smallest absolute Gasteiger partial charge is 0.339 e. The van der Waals surface area contributed by atoms with Crippen LogP contribution in [0.25, 0.3) is 10.6 Å². The second kappa shape index (κ2) is 9.28. The summed E-state index contributed by atoms with van der Waals surface area (Å²) in [5, 5.41) is 5.92. The molecule has 1 amide bonds. The van der Waals surface area contributed by atoms with Crippen LogP contribution in [0.2, 0.25) is 0 Å². The summed E-state index contributed by atoms with van der Waals surface area (Å²) in [7, 11) is 0. The van der Waals surface area contributed by atoms with Crippen molar-refractivity contribution in [2.75, 3.05) is 18.8 Å². The van der Waals surface area contributed by atoms with Crippen LogP contribution in [-0.4, -0.2) is 40.8 Å². The summed E-state index contributed by atoms with van der Waals surface area (Å²) in [6.07, 6.45) is 2.13. The number of carbonyl (C=O) groups is 2. The highest BCUT2D eigenvalue weighted by Crippen LogP contribution is 2.27. The zero-order chi connectivity index (χ0) is 20.1. The molecule has 4 rings (SSSR count). The van der Waals surface area contributed by atoms with Gasteiger partial charge in [0, 0.05) is 24.1 Å². The van der Waals surface area contributed by atoms with Gasteiger partial charge in [0.15, 0.2) is 5.76 Å². The summed E-state index contributed by atoms with van der Waals surface area (Å²) in [6.45, 7) is 1.68. The molecule has 1 saturated heterocycles. The van der Waals surface area contributed by atoms with E-state index in [9.17, 15) is 9.59 Å². The average Bonchev–Trinajstić information content (AvgIpc) is 3.51. The number of nitrogens with zero attached hydrogens (tertiary/aromatic N) is 2. The Hall–Kier alpha value is -2.58. The number of esters is 1. The van der Waals surface area contributed by atoms with Crippen LogP contribution in [0.1, 0.15) is 28.9 Å². The number of hydrogen-bond acceptors (Lipinski definition) is 7. The number of amides is 1. The zero-order valence-corrected chi connectivity index (χ0v) is 17.3. The van der Waals surface area contributed by atoms with Crippen molar-refractivity contribution < 1.29 is 18.8 Å². The summed E-state index contributed by atoms with van der Waals surface area (Å²) in [4.78, 5) is 28.5. The molecule has 0 atom stereocenters. The summed E-state index contributed by atoms with van der Waals surface area (Å²) >= 11 is 2.92. The first-order chi connectivity index (χ1) is 14.2. The topological polar surface area (TPSA) is 72.6 Å². The second-order valence-corrected chi connectivity index (χ2v) is 8.57. The maximum absolute atomic E-state index is 12.6. The lowest BCUT2D eigenvalue weighted by Gasteiger charge is -2.15. The highest BCUT2D eigenvalue weighted by Gasteiger charge is 2.20. The lowest BCUT2D eigenvalue weighted by Crippen LogP contribution is -2.29. The number of hydrogen-bond donors (Lipinski definition) is 0. The molecule has 0 unspecified atom stereocenters. The van der Waals surface area contributed by atoms with Crippen LogP contribution in [-0.2, 0) is 16.1 Å². The van der Waals surface area contributed by atoms with E-state index in [1.165, 1.54) is 11.8 Å². The van der Waals surface area contributed by atoms with Gasteiger partial charge in [-0.25, -0.2) is 4.79 Å². The monoisotopic (exact) mass is 428 g/mol. The first-order valence-electron chi connectivity index (χ1n) is 9.37. The summed E-state index contributed by atoms with van der Waals surface area (Å²) in [5.74, 6) is 0.641. The van der Waals surface area contributed by atoms with Crippen LogP contribution < -0.4 is 0 Å². The van der Waals surface area contributed by atoms with Gasteiger partial charge in [0.2, 0.25) is 5.91 Å². The van der Waals surface area contributed by atoms with Crippen molar-refractivity contribution in [2.24, 2.45) is 0 Å². The molecule has 29 heavy (non-hydrogen) atoms. The standard InChI is InChI=1S/C21H20N2O4S2/c24-20(23-9-3-4-10-23)14-29-18-7-2-1-6-16(18)21(25)26-13-15-12-17(27-22-15)19-8-5-11-28-19/h1-2,5-8,11-12H,3-4,9-10,13-14H2. The molecule has 3 aromatic rings. The molecule has 6 nitrogen and oxygen atoms in total. The van der Waals surface area contributed by atoms with Gasteiger partial charge in [0.05, 0.1) is 16.2 Å². The van der Waals surface area contributed by atoms with Crippen LogP contribution in [0.5, 0.6) is 0 Å². The zero-order valence-electron chi connectivity index (χ0n) is 15.7. The molecule has 0 N–H and O–H groups in total. The van der Waals surface area contributed by atoms with Crippen molar-refractivity contribution in [3.63, 3.8) is 0 Å². The minimum atomic E-state index is -0.442. The molecule has 1 aromatic carbocycles. The van der Waals surface area contributed by atoms with E-state index >= 15 is 0 Å². The molecule has 1 aliphatic heterocycles. The Morgan fingerprint density at radius 2 is 2.00 bits per heavy atom. The predicted octanol–water partition coefficient (Wildman–Crippen LogP) is 4.47. The van der Waals surface area contributed by atoms with Gasteiger partial charge in [0.1, 0.15) is 12.3 Å². The maximum Gasteiger partial charge on any atom is 0.339 e. The second-order valence-electron chi connectivity index (χ2n) is 6.61. The van der Waals surface area contributed by atoms with E-state index in [4.69, 9.17) is 9.26 Å². The maximum atomic E-state index is 12.6. The third kappa shape index (κ3) is 4.89. The number of rotatable bonds is 7. The molecule has 0 bridgehead atoms. The molecule has 8 heteroatoms. The Bertz CT molecular complexity index is 978. The summed E-state index contributed by atoms with van der Waals surface area (Å²) in [5.41, 5.74) is 1.00. The molecule has 3 heterocycles. The van der Waals surface area contributed by atoms with Crippen molar-refractivity contribution >= 4 is 35.0 Å². The van der Waals surface area contributed by atoms with Gasteiger partial charge in [-0.2, -0.15) is 0 Å². The number of thiophene rings is 1. The van der Waals surface area contributed by atoms with Crippen LogP contribution in [0, 0.1) is 0 Å². The molecule has 0 spiro atoms. The van der Waals surface area contributed by atoms with Crippen LogP contribution in [0.15, 0.2) is 57.3 Å². The highest BCUT2D eigenvalue weighted by molar-refractivity contribution is 8.00. The Morgan fingerprint density at radius 3 is 2.79 bits per heavy atom. The number of ether oxygens (including phenoxy) is 1. The quantitative estimate of drug-likeness (QED) is 0.408. The Labute approximate surface area is 176 Å². The lowest BCUT2D eigenvalue weighted by atomic mass is 10.2. The van der Waals surface area contributed by atoms with Crippen LogP contribution >= 0.6 is 23.1 Å². The van der Waals surface area contributed by atoms with Crippen molar-refractivity contribution in [3.05, 3.63) is 59.1 Å². The fourth-order valence-electron chi connectivity index (χ4n) is 3.09. The fourth-order valence-corrected chi connectivity index (χ4v) is 4.71. The number of aromatic nitrogens is 1. The van der Waals surface area contributed by atoms with Gasteiger partial charge in [-0.1, -0.05) is 23.4 Å². The van der Waals surface area contributed by atoms with E-state index in [1.54, 1.807) is 29.5 Å². The number of benzene rings is 1. The van der Waals surface area contributed by atoms with Gasteiger partial charge < -0.3 is 14.2 Å². The highest BCUT2D eigenvalue weighted by atomic mass is 32.2. The van der Waals surface area contributed by atoms with Gasteiger partial charge in [0.25, 0.3) is 0 Å². The first kappa shape index (κ1) is 19.7. The van der Waals surface area contributed by atoms with E-state index in [1.807, 2.05) is 34.5 Å². The largest absolute Gasteiger partial charge is 0.455 e. The SMILES string of the molecule is O=C(OCc1cc(-c2cccs2)on1)c1ccccc1SCC(=O)N1CCCC1.